The normalized spacial score (nSPS) is 15.9. The van der Waals surface area contributed by atoms with Gasteiger partial charge in [-0.2, -0.15) is 0 Å². The van der Waals surface area contributed by atoms with Gasteiger partial charge in [-0.3, -0.25) is 14.6 Å². The number of anilines is 1. The van der Waals surface area contributed by atoms with E-state index in [1.807, 2.05) is 12.3 Å². The first-order valence-electron chi connectivity index (χ1n) is 12.7. The number of aliphatic carboxylic acids is 2. The van der Waals surface area contributed by atoms with Gasteiger partial charge in [0.15, 0.2) is 0 Å². The van der Waals surface area contributed by atoms with Crippen molar-refractivity contribution in [3.63, 3.8) is 0 Å². The van der Waals surface area contributed by atoms with E-state index in [9.17, 15) is 9.59 Å². The lowest BCUT2D eigenvalue weighted by Gasteiger charge is -2.17. The molecule has 0 unspecified atom stereocenters. The zero-order chi connectivity index (χ0) is 25.8. The lowest BCUT2D eigenvalue weighted by atomic mass is 9.89. The number of hydrogen-bond acceptors (Lipinski definition) is 5. The van der Waals surface area contributed by atoms with Crippen molar-refractivity contribution in [3.8, 4) is 0 Å². The summed E-state index contributed by atoms with van der Waals surface area (Å²) in [6, 6.07) is 8.47. The summed E-state index contributed by atoms with van der Waals surface area (Å²) in [7, 11) is 0. The van der Waals surface area contributed by atoms with Crippen molar-refractivity contribution in [2.45, 2.75) is 64.3 Å². The number of rotatable bonds is 8. The summed E-state index contributed by atoms with van der Waals surface area (Å²) in [4.78, 5) is 23.9. The molecule has 0 saturated heterocycles. The molecular weight excluding hydrogens is 478 g/mol. The molecule has 194 valence electrons. The fourth-order valence-corrected chi connectivity index (χ4v) is 4.78. The first-order valence-corrected chi connectivity index (χ1v) is 13.1. The zero-order valence-electron chi connectivity index (χ0n) is 20.6. The molecule has 2 aromatic rings. The maximum atomic E-state index is 9.64. The zero-order valence-corrected chi connectivity index (χ0v) is 21.4. The van der Waals surface area contributed by atoms with Crippen LogP contribution in [-0.2, 0) is 29.0 Å². The second-order valence-corrected chi connectivity index (χ2v) is 9.70. The highest BCUT2D eigenvalue weighted by atomic mass is 35.5. The predicted molar refractivity (Wildman–Crippen MR) is 143 cm³/mol. The van der Waals surface area contributed by atoms with Crippen LogP contribution in [0.25, 0.3) is 6.08 Å². The van der Waals surface area contributed by atoms with Gasteiger partial charge in [-0.15, -0.1) is 0 Å². The third-order valence-electron chi connectivity index (χ3n) is 6.54. The van der Waals surface area contributed by atoms with E-state index in [2.05, 4.69) is 46.0 Å². The molecule has 1 aliphatic heterocycles. The molecule has 1 saturated carbocycles. The van der Waals surface area contributed by atoms with E-state index < -0.39 is 11.9 Å². The number of hydrogen-bond donors (Lipinski definition) is 4. The highest BCUT2D eigenvalue weighted by Crippen LogP contribution is 2.31. The number of carboxylic acids is 2. The van der Waals surface area contributed by atoms with Crippen LogP contribution >= 0.6 is 11.6 Å². The van der Waals surface area contributed by atoms with Crippen molar-refractivity contribution in [2.24, 2.45) is 5.92 Å². The second kappa shape index (κ2) is 14.6. The summed E-state index contributed by atoms with van der Waals surface area (Å²) < 4.78 is 0. The quantitative estimate of drug-likeness (QED) is 0.365. The van der Waals surface area contributed by atoms with E-state index >= 15 is 0 Å². The Balaban J connectivity index is 0.000000392. The number of carboxylic acid groups (broad SMARTS) is 2. The number of aromatic nitrogens is 1. The summed E-state index contributed by atoms with van der Waals surface area (Å²) in [5.41, 5.74) is 6.05. The molecule has 1 aromatic carbocycles. The molecular formula is C28H36ClN3O4. The monoisotopic (exact) mass is 513 g/mol. The van der Waals surface area contributed by atoms with Gasteiger partial charge in [0.2, 0.25) is 0 Å². The Morgan fingerprint density at radius 1 is 1.03 bits per heavy atom. The Bertz CT molecular complexity index is 1020. The molecule has 1 aliphatic carbocycles. The van der Waals surface area contributed by atoms with Gasteiger partial charge in [-0.1, -0.05) is 55.1 Å². The molecule has 4 N–H and O–H groups in total. The number of benzene rings is 1. The lowest BCUT2D eigenvalue weighted by Crippen LogP contribution is -2.16. The van der Waals surface area contributed by atoms with Crippen LogP contribution in [0.15, 0.2) is 36.5 Å². The summed E-state index contributed by atoms with van der Waals surface area (Å²) in [6.07, 6.45) is 14.9. The minimum absolute atomic E-state index is 0.296. The first kappa shape index (κ1) is 27.7. The fraction of sp³-hybridized carbons (Fsp3) is 0.464. The average molecular weight is 514 g/mol. The second-order valence-electron chi connectivity index (χ2n) is 9.29. The molecule has 2 aliphatic rings. The maximum Gasteiger partial charge on any atom is 0.303 e. The molecule has 2 heterocycles. The molecule has 0 spiro atoms. The SMILES string of the molecule is Clc1ccc2c(c1NCc1ccc(C=CC3CCCCC3)cn1)CCNCC2.O=C(O)CCC(=O)O. The minimum atomic E-state index is -1.08. The summed E-state index contributed by atoms with van der Waals surface area (Å²) >= 11 is 6.51. The maximum absolute atomic E-state index is 9.64. The third kappa shape index (κ3) is 9.28. The van der Waals surface area contributed by atoms with Gasteiger partial charge in [0.05, 0.1) is 35.8 Å². The Hall–Kier alpha value is -2.90. The number of carbonyl (C=O) groups is 2. The summed E-state index contributed by atoms with van der Waals surface area (Å²) in [5, 5.41) is 23.6. The Kier molecular flexibility index (Phi) is 11.2. The lowest BCUT2D eigenvalue weighted by molar-refractivity contribution is -0.143. The topological polar surface area (TPSA) is 112 Å². The standard InChI is InChI=1S/C24H30ClN3.C4H6O4/c25-23-11-9-20-12-14-26-15-13-22(20)24(23)28-17-21-10-8-19(16-27-21)7-6-18-4-2-1-3-5-18;5-3(6)1-2-4(7)8/h6-11,16,18,26,28H,1-5,12-15,17H2;1-2H2,(H,5,6)(H,7,8). The Morgan fingerprint density at radius 3 is 2.42 bits per heavy atom. The van der Waals surface area contributed by atoms with E-state index in [1.54, 1.807) is 0 Å². The van der Waals surface area contributed by atoms with Gasteiger partial charge in [0.25, 0.3) is 0 Å². The van der Waals surface area contributed by atoms with Crippen LogP contribution in [0.4, 0.5) is 5.69 Å². The van der Waals surface area contributed by atoms with E-state index in [4.69, 9.17) is 21.8 Å². The first-order chi connectivity index (χ1) is 17.4. The molecule has 1 aromatic heterocycles. The van der Waals surface area contributed by atoms with Gasteiger partial charge >= 0.3 is 11.9 Å². The van der Waals surface area contributed by atoms with E-state index in [0.29, 0.717) is 6.54 Å². The molecule has 0 radical (unpaired) electrons. The molecule has 4 rings (SSSR count). The highest BCUT2D eigenvalue weighted by molar-refractivity contribution is 6.33. The van der Waals surface area contributed by atoms with Crippen molar-refractivity contribution in [1.29, 1.82) is 0 Å². The molecule has 36 heavy (non-hydrogen) atoms. The van der Waals surface area contributed by atoms with E-state index in [-0.39, 0.29) is 12.8 Å². The minimum Gasteiger partial charge on any atom is -0.481 e. The largest absolute Gasteiger partial charge is 0.481 e. The van der Waals surface area contributed by atoms with Crippen LogP contribution < -0.4 is 10.6 Å². The average Bonchev–Trinajstić information content (AvgIpc) is 3.13. The molecule has 1 fully saturated rings. The van der Waals surface area contributed by atoms with Crippen LogP contribution in [0.5, 0.6) is 0 Å². The van der Waals surface area contributed by atoms with Gasteiger partial charge < -0.3 is 20.8 Å². The molecule has 7 nitrogen and oxygen atoms in total. The number of nitrogens with one attached hydrogen (secondary N) is 2. The molecule has 0 atom stereocenters. The highest BCUT2D eigenvalue weighted by Gasteiger charge is 2.15. The van der Waals surface area contributed by atoms with Gasteiger partial charge in [0.1, 0.15) is 0 Å². The fourth-order valence-electron chi connectivity index (χ4n) is 4.54. The molecule has 0 bridgehead atoms. The number of fused-ring (bicyclic) bond motifs is 1. The third-order valence-corrected chi connectivity index (χ3v) is 6.85. The van der Waals surface area contributed by atoms with Gasteiger partial charge in [-0.05, 0) is 73.5 Å². The van der Waals surface area contributed by atoms with Crippen molar-refractivity contribution in [3.05, 3.63) is 63.9 Å². The number of nitrogens with zero attached hydrogens (tertiary/aromatic N) is 1. The predicted octanol–water partition coefficient (Wildman–Crippen LogP) is 5.56. The Labute approximate surface area is 218 Å². The van der Waals surface area contributed by atoms with Crippen molar-refractivity contribution < 1.29 is 19.8 Å². The van der Waals surface area contributed by atoms with E-state index in [0.717, 1.165) is 48.3 Å². The number of pyridine rings is 1. The van der Waals surface area contributed by atoms with Crippen LogP contribution in [0.2, 0.25) is 5.02 Å². The van der Waals surface area contributed by atoms with Gasteiger partial charge in [0, 0.05) is 6.20 Å². The van der Waals surface area contributed by atoms with Crippen LogP contribution in [0.3, 0.4) is 0 Å². The smallest absolute Gasteiger partial charge is 0.303 e. The van der Waals surface area contributed by atoms with Crippen molar-refractivity contribution in [2.75, 3.05) is 18.4 Å². The van der Waals surface area contributed by atoms with Crippen LogP contribution in [-0.4, -0.2) is 40.2 Å². The molecule has 0 amide bonds. The Morgan fingerprint density at radius 2 is 1.75 bits per heavy atom. The summed E-state index contributed by atoms with van der Waals surface area (Å²) in [6.45, 7) is 2.73. The number of halogens is 1. The van der Waals surface area contributed by atoms with Crippen molar-refractivity contribution in [1.82, 2.24) is 10.3 Å². The summed E-state index contributed by atoms with van der Waals surface area (Å²) in [5.74, 6) is -1.40. The van der Waals surface area contributed by atoms with Crippen LogP contribution in [0, 0.1) is 5.92 Å². The van der Waals surface area contributed by atoms with E-state index in [1.165, 1.54) is 48.8 Å². The van der Waals surface area contributed by atoms with Crippen molar-refractivity contribution >= 4 is 35.3 Å². The molecule has 8 heteroatoms. The number of allylic oxidation sites excluding steroid dienone is 1. The van der Waals surface area contributed by atoms with Gasteiger partial charge in [-0.25, -0.2) is 0 Å². The van der Waals surface area contributed by atoms with Crippen LogP contribution in [0.1, 0.15) is 67.3 Å².